The van der Waals surface area contributed by atoms with E-state index in [-0.39, 0.29) is 5.56 Å². The molecule has 1 fully saturated rings. The van der Waals surface area contributed by atoms with Crippen LogP contribution in [0.15, 0.2) is 23.1 Å². The number of hydrogen-bond donors (Lipinski definition) is 1. The normalized spacial score (nSPS) is 18.3. The smallest absolute Gasteiger partial charge is 0.283 e. The van der Waals surface area contributed by atoms with Crippen molar-refractivity contribution in [3.63, 3.8) is 0 Å². The van der Waals surface area contributed by atoms with Crippen LogP contribution in [0.1, 0.15) is 43.6 Å². The molecule has 76 valence electrons. The van der Waals surface area contributed by atoms with E-state index in [1.165, 1.54) is 38.3 Å². The number of hydrogen-bond acceptors (Lipinski definition) is 2. The summed E-state index contributed by atoms with van der Waals surface area (Å²) < 4.78 is 0.631. The first-order valence-electron chi connectivity index (χ1n) is 5.19. The zero-order valence-electron chi connectivity index (χ0n) is 8.15. The third kappa shape index (κ3) is 1.81. The highest BCUT2D eigenvalue weighted by atomic mass is 16.5. The molecule has 1 aliphatic rings. The lowest BCUT2D eigenvalue weighted by Gasteiger charge is -2.21. The summed E-state index contributed by atoms with van der Waals surface area (Å²) in [5, 5.41) is 9.05. The Kier molecular flexibility index (Phi) is 2.57. The highest BCUT2D eigenvalue weighted by Gasteiger charge is 2.15. The molecule has 0 saturated heterocycles. The van der Waals surface area contributed by atoms with E-state index in [4.69, 9.17) is 5.21 Å². The zero-order valence-corrected chi connectivity index (χ0v) is 8.15. The molecule has 0 bridgehead atoms. The first-order chi connectivity index (χ1) is 6.77. The topological polar surface area (TPSA) is 42.2 Å². The molecule has 0 amide bonds. The van der Waals surface area contributed by atoms with Crippen LogP contribution in [0.3, 0.4) is 0 Å². The van der Waals surface area contributed by atoms with Crippen LogP contribution in [-0.4, -0.2) is 9.94 Å². The Morgan fingerprint density at radius 2 is 2.00 bits per heavy atom. The summed E-state index contributed by atoms with van der Waals surface area (Å²) in [4.78, 5) is 11.2. The van der Waals surface area contributed by atoms with Gasteiger partial charge in [-0.15, -0.1) is 0 Å². The predicted octanol–water partition coefficient (Wildman–Crippen LogP) is 2.13. The predicted molar refractivity (Wildman–Crippen MR) is 53.7 cm³/mol. The van der Waals surface area contributed by atoms with Crippen molar-refractivity contribution >= 4 is 0 Å². The molecule has 1 saturated carbocycles. The van der Waals surface area contributed by atoms with Crippen molar-refractivity contribution in [3.8, 4) is 0 Å². The minimum atomic E-state index is -0.326. The molecular formula is C11H15NO2. The van der Waals surface area contributed by atoms with Crippen LogP contribution in [0.25, 0.3) is 0 Å². The summed E-state index contributed by atoms with van der Waals surface area (Å²) in [6.45, 7) is 0. The average molecular weight is 193 g/mol. The molecule has 1 N–H and O–H groups in total. The molecule has 0 radical (unpaired) electrons. The summed E-state index contributed by atoms with van der Waals surface area (Å²) in [5.74, 6) is 0.526. The van der Waals surface area contributed by atoms with Crippen molar-refractivity contribution in [1.82, 2.24) is 4.73 Å². The molecule has 1 aliphatic carbocycles. The van der Waals surface area contributed by atoms with E-state index in [0.717, 1.165) is 5.56 Å². The molecule has 0 spiro atoms. The number of rotatable bonds is 1. The van der Waals surface area contributed by atoms with E-state index in [1.54, 1.807) is 6.07 Å². The summed E-state index contributed by atoms with van der Waals surface area (Å²) in [6, 6.07) is 3.40. The van der Waals surface area contributed by atoms with Gasteiger partial charge in [0.15, 0.2) is 0 Å². The maximum absolute atomic E-state index is 11.2. The first-order valence-corrected chi connectivity index (χ1v) is 5.19. The third-order valence-corrected chi connectivity index (χ3v) is 3.00. The van der Waals surface area contributed by atoms with Gasteiger partial charge >= 0.3 is 0 Å². The molecule has 1 aromatic rings. The zero-order chi connectivity index (χ0) is 9.97. The number of aromatic nitrogens is 1. The van der Waals surface area contributed by atoms with E-state index in [9.17, 15) is 4.79 Å². The second-order valence-electron chi connectivity index (χ2n) is 3.98. The number of pyridine rings is 1. The molecule has 0 aromatic carbocycles. The SMILES string of the molecule is O=c1cc(C2CCCCC2)ccn1O. The van der Waals surface area contributed by atoms with Crippen LogP contribution < -0.4 is 5.56 Å². The molecule has 3 heteroatoms. The lowest BCUT2D eigenvalue weighted by molar-refractivity contribution is 0.174. The largest absolute Gasteiger partial charge is 0.425 e. The Bertz CT molecular complexity index is 364. The Morgan fingerprint density at radius 3 is 2.64 bits per heavy atom. The maximum Gasteiger partial charge on any atom is 0.283 e. The van der Waals surface area contributed by atoms with Gasteiger partial charge in [-0.2, -0.15) is 4.73 Å². The quantitative estimate of drug-likeness (QED) is 0.694. The van der Waals surface area contributed by atoms with Crippen LogP contribution in [0.5, 0.6) is 0 Å². The fraction of sp³-hybridized carbons (Fsp3) is 0.545. The maximum atomic E-state index is 11.2. The average Bonchev–Trinajstić information content (AvgIpc) is 2.23. The summed E-state index contributed by atoms with van der Waals surface area (Å²) in [5.41, 5.74) is 0.757. The summed E-state index contributed by atoms with van der Waals surface area (Å²) >= 11 is 0. The second kappa shape index (κ2) is 3.86. The fourth-order valence-corrected chi connectivity index (χ4v) is 2.18. The third-order valence-electron chi connectivity index (χ3n) is 3.00. The van der Waals surface area contributed by atoms with Crippen LogP contribution >= 0.6 is 0 Å². The van der Waals surface area contributed by atoms with Gasteiger partial charge in [0.2, 0.25) is 0 Å². The van der Waals surface area contributed by atoms with Gasteiger partial charge in [-0.25, -0.2) is 0 Å². The minimum Gasteiger partial charge on any atom is -0.425 e. The molecule has 1 aromatic heterocycles. The van der Waals surface area contributed by atoms with Crippen LogP contribution in [0.2, 0.25) is 0 Å². The molecule has 0 aliphatic heterocycles. The molecule has 0 unspecified atom stereocenters. The van der Waals surface area contributed by atoms with Gasteiger partial charge in [0.25, 0.3) is 5.56 Å². The number of nitrogens with zero attached hydrogens (tertiary/aromatic N) is 1. The molecule has 3 nitrogen and oxygen atoms in total. The molecular weight excluding hydrogens is 178 g/mol. The molecule has 0 atom stereocenters. The van der Waals surface area contributed by atoms with Gasteiger partial charge in [0.05, 0.1) is 0 Å². The minimum absolute atomic E-state index is 0.326. The van der Waals surface area contributed by atoms with E-state index in [2.05, 4.69) is 0 Å². The van der Waals surface area contributed by atoms with Crippen LogP contribution in [-0.2, 0) is 0 Å². The molecule has 2 rings (SSSR count). The first kappa shape index (κ1) is 9.31. The van der Waals surface area contributed by atoms with Crippen molar-refractivity contribution in [2.24, 2.45) is 0 Å². The van der Waals surface area contributed by atoms with E-state index in [0.29, 0.717) is 10.6 Å². The van der Waals surface area contributed by atoms with Crippen molar-refractivity contribution in [2.45, 2.75) is 38.0 Å². The Labute approximate surface area is 83.0 Å². The highest BCUT2D eigenvalue weighted by molar-refractivity contribution is 5.16. The van der Waals surface area contributed by atoms with Gasteiger partial charge in [0.1, 0.15) is 0 Å². The van der Waals surface area contributed by atoms with Gasteiger partial charge in [0, 0.05) is 12.3 Å². The summed E-state index contributed by atoms with van der Waals surface area (Å²) in [6.07, 6.45) is 7.61. The van der Waals surface area contributed by atoms with E-state index in [1.807, 2.05) is 6.07 Å². The summed E-state index contributed by atoms with van der Waals surface area (Å²) in [7, 11) is 0. The van der Waals surface area contributed by atoms with Crippen molar-refractivity contribution in [1.29, 1.82) is 0 Å². The fourth-order valence-electron chi connectivity index (χ4n) is 2.18. The monoisotopic (exact) mass is 193 g/mol. The lowest BCUT2D eigenvalue weighted by Crippen LogP contribution is -2.17. The van der Waals surface area contributed by atoms with Gasteiger partial charge < -0.3 is 5.21 Å². The molecule has 1 heterocycles. The van der Waals surface area contributed by atoms with Gasteiger partial charge in [-0.3, -0.25) is 4.79 Å². The Balaban J connectivity index is 2.23. The van der Waals surface area contributed by atoms with Crippen LogP contribution in [0.4, 0.5) is 0 Å². The van der Waals surface area contributed by atoms with Gasteiger partial charge in [-0.05, 0) is 30.4 Å². The second-order valence-corrected chi connectivity index (χ2v) is 3.98. The molecule has 14 heavy (non-hydrogen) atoms. The van der Waals surface area contributed by atoms with Crippen LogP contribution in [0, 0.1) is 0 Å². The van der Waals surface area contributed by atoms with Crippen molar-refractivity contribution < 1.29 is 5.21 Å². The van der Waals surface area contributed by atoms with E-state index < -0.39 is 0 Å². The van der Waals surface area contributed by atoms with E-state index >= 15 is 0 Å². The van der Waals surface area contributed by atoms with Crippen molar-refractivity contribution in [2.75, 3.05) is 0 Å². The van der Waals surface area contributed by atoms with Crippen molar-refractivity contribution in [3.05, 3.63) is 34.2 Å². The lowest BCUT2D eigenvalue weighted by atomic mass is 9.84. The standard InChI is InChI=1S/C11H15NO2/c13-11-8-10(6-7-12(11)14)9-4-2-1-3-5-9/h6-9,14H,1-5H2. The Morgan fingerprint density at radius 1 is 1.29 bits per heavy atom. The highest BCUT2D eigenvalue weighted by Crippen LogP contribution is 2.31. The Hall–Kier alpha value is -1.25. The van der Waals surface area contributed by atoms with Gasteiger partial charge in [-0.1, -0.05) is 19.3 Å².